The van der Waals surface area contributed by atoms with Crippen LogP contribution < -0.4 is 9.64 Å². The molecule has 4 aromatic rings. The average molecular weight is 485 g/mol. The summed E-state index contributed by atoms with van der Waals surface area (Å²) in [7, 11) is 1.39. The average Bonchev–Trinajstić information content (AvgIpc) is 3.34. The fourth-order valence-electron chi connectivity index (χ4n) is 4.33. The van der Waals surface area contributed by atoms with Crippen LogP contribution in [0.2, 0.25) is 5.02 Å². The summed E-state index contributed by atoms with van der Waals surface area (Å²) in [5.41, 5.74) is 0.434. The predicted octanol–water partition coefficient (Wildman–Crippen LogP) is 3.95. The minimum Gasteiger partial charge on any atom is -0.494 e. The standard InChI is InChI=1S/C23H19ClF2N6O2/c1-3-14(33)31-6-8-32(9-7-31)23-17-21(29-11-30-23)19(26)16(18(24)22(17)34-2)15-12(25)4-5-13-20(15)28-10-27-13/h3-5,10-11H,1,6-9H2,2H3,(H,27,28). The Morgan fingerprint density at radius 1 is 1.15 bits per heavy atom. The monoisotopic (exact) mass is 484 g/mol. The summed E-state index contributed by atoms with van der Waals surface area (Å²) >= 11 is 6.65. The quantitative estimate of drug-likeness (QED) is 0.441. The third-order valence-electron chi connectivity index (χ3n) is 5.96. The van der Waals surface area contributed by atoms with Gasteiger partial charge in [-0.2, -0.15) is 0 Å². The maximum absolute atomic E-state index is 16.0. The van der Waals surface area contributed by atoms with Crippen molar-refractivity contribution in [3.8, 4) is 16.9 Å². The second-order valence-corrected chi connectivity index (χ2v) is 8.07. The molecule has 0 saturated carbocycles. The molecule has 5 rings (SSSR count). The highest BCUT2D eigenvalue weighted by Gasteiger charge is 2.30. The van der Waals surface area contributed by atoms with E-state index in [9.17, 15) is 9.18 Å². The van der Waals surface area contributed by atoms with E-state index in [0.717, 1.165) is 0 Å². The Balaban J connectivity index is 1.70. The lowest BCUT2D eigenvalue weighted by molar-refractivity contribution is -0.126. The van der Waals surface area contributed by atoms with Gasteiger partial charge < -0.3 is 19.5 Å². The summed E-state index contributed by atoms with van der Waals surface area (Å²) in [4.78, 5) is 31.1. The van der Waals surface area contributed by atoms with Crippen molar-refractivity contribution < 1.29 is 18.3 Å². The van der Waals surface area contributed by atoms with Gasteiger partial charge in [0.15, 0.2) is 11.6 Å². The lowest BCUT2D eigenvalue weighted by Crippen LogP contribution is -2.48. The largest absolute Gasteiger partial charge is 0.494 e. The molecule has 0 bridgehead atoms. The van der Waals surface area contributed by atoms with Crippen LogP contribution in [-0.2, 0) is 4.79 Å². The molecule has 0 aliphatic carbocycles. The number of imidazole rings is 1. The molecule has 0 radical (unpaired) electrons. The van der Waals surface area contributed by atoms with Gasteiger partial charge >= 0.3 is 0 Å². The molecule has 174 valence electrons. The number of amides is 1. The zero-order chi connectivity index (χ0) is 24.0. The van der Waals surface area contributed by atoms with Crippen LogP contribution >= 0.6 is 11.6 Å². The predicted molar refractivity (Wildman–Crippen MR) is 125 cm³/mol. The maximum Gasteiger partial charge on any atom is 0.246 e. The van der Waals surface area contributed by atoms with Crippen molar-refractivity contribution in [1.29, 1.82) is 0 Å². The van der Waals surface area contributed by atoms with Crippen LogP contribution in [0.4, 0.5) is 14.6 Å². The zero-order valence-electron chi connectivity index (χ0n) is 18.1. The number of benzene rings is 2. The van der Waals surface area contributed by atoms with Crippen molar-refractivity contribution in [2.45, 2.75) is 0 Å². The zero-order valence-corrected chi connectivity index (χ0v) is 18.9. The first-order valence-electron chi connectivity index (χ1n) is 10.4. The minimum atomic E-state index is -0.806. The van der Waals surface area contributed by atoms with Crippen LogP contribution in [0.25, 0.3) is 33.1 Å². The molecule has 8 nitrogen and oxygen atoms in total. The number of H-pyrrole nitrogens is 1. The van der Waals surface area contributed by atoms with Gasteiger partial charge in [0.1, 0.15) is 23.5 Å². The van der Waals surface area contributed by atoms with E-state index < -0.39 is 11.6 Å². The number of aromatic amines is 1. The number of hydrogen-bond acceptors (Lipinski definition) is 6. The van der Waals surface area contributed by atoms with Crippen LogP contribution in [0.1, 0.15) is 0 Å². The molecule has 0 unspecified atom stereocenters. The molecule has 1 saturated heterocycles. The Hall–Kier alpha value is -3.79. The molecule has 2 aromatic heterocycles. The van der Waals surface area contributed by atoms with E-state index in [-0.39, 0.29) is 44.2 Å². The summed E-state index contributed by atoms with van der Waals surface area (Å²) in [6.07, 6.45) is 3.91. The number of halogens is 3. The van der Waals surface area contributed by atoms with Gasteiger partial charge in [0.05, 0.1) is 40.4 Å². The number of rotatable bonds is 4. The maximum atomic E-state index is 16.0. The molecule has 1 aliphatic rings. The second kappa shape index (κ2) is 8.53. The number of nitrogens with zero attached hydrogens (tertiary/aromatic N) is 5. The summed E-state index contributed by atoms with van der Waals surface area (Å²) in [6.45, 7) is 5.32. The van der Waals surface area contributed by atoms with Crippen molar-refractivity contribution in [3.63, 3.8) is 0 Å². The highest BCUT2D eigenvalue weighted by Crippen LogP contribution is 2.47. The SMILES string of the molecule is C=CC(=O)N1CCN(c2ncnc3c(F)c(-c4c(F)ccc5[nH]cnc45)c(Cl)c(OC)c23)CC1. The fourth-order valence-corrected chi connectivity index (χ4v) is 4.68. The highest BCUT2D eigenvalue weighted by atomic mass is 35.5. The first-order chi connectivity index (χ1) is 16.5. The van der Waals surface area contributed by atoms with E-state index in [1.165, 1.54) is 38.0 Å². The molecule has 0 atom stereocenters. The Morgan fingerprint density at radius 2 is 1.91 bits per heavy atom. The number of piperazine rings is 1. The number of carbonyl (C=O) groups is 1. The molecule has 1 N–H and O–H groups in total. The molecule has 3 heterocycles. The van der Waals surface area contributed by atoms with Crippen LogP contribution in [-0.4, -0.2) is 64.0 Å². The van der Waals surface area contributed by atoms with Crippen LogP contribution in [0, 0.1) is 11.6 Å². The molecule has 11 heteroatoms. The lowest BCUT2D eigenvalue weighted by Gasteiger charge is -2.35. The van der Waals surface area contributed by atoms with E-state index in [4.69, 9.17) is 16.3 Å². The molecular formula is C23H19ClF2N6O2. The molecule has 0 spiro atoms. The van der Waals surface area contributed by atoms with Crippen molar-refractivity contribution in [3.05, 3.63) is 54.1 Å². The fraction of sp³-hybridized carbons (Fsp3) is 0.217. The number of methoxy groups -OCH3 is 1. The van der Waals surface area contributed by atoms with Gasteiger partial charge in [0.2, 0.25) is 5.91 Å². The van der Waals surface area contributed by atoms with Gasteiger partial charge in [-0.1, -0.05) is 18.2 Å². The first kappa shape index (κ1) is 22.0. The van der Waals surface area contributed by atoms with Gasteiger partial charge in [-0.25, -0.2) is 23.7 Å². The number of hydrogen-bond donors (Lipinski definition) is 1. The van der Waals surface area contributed by atoms with Crippen LogP contribution in [0.15, 0.2) is 37.4 Å². The molecular weight excluding hydrogens is 466 g/mol. The van der Waals surface area contributed by atoms with Crippen LogP contribution in [0.5, 0.6) is 5.75 Å². The van der Waals surface area contributed by atoms with E-state index >= 15 is 4.39 Å². The first-order valence-corrected chi connectivity index (χ1v) is 10.8. The normalized spacial score (nSPS) is 14.1. The van der Waals surface area contributed by atoms with Crippen molar-refractivity contribution >= 4 is 45.3 Å². The number of nitrogens with one attached hydrogen (secondary N) is 1. The van der Waals surface area contributed by atoms with E-state index in [1.807, 2.05) is 4.90 Å². The number of anilines is 1. The Labute approximate surface area is 197 Å². The summed E-state index contributed by atoms with van der Waals surface area (Å²) in [5.74, 6) is -1.10. The second-order valence-electron chi connectivity index (χ2n) is 7.69. The van der Waals surface area contributed by atoms with Gasteiger partial charge in [0, 0.05) is 31.7 Å². The Morgan fingerprint density at radius 3 is 2.62 bits per heavy atom. The van der Waals surface area contributed by atoms with Gasteiger partial charge in [-0.3, -0.25) is 4.79 Å². The molecule has 34 heavy (non-hydrogen) atoms. The topological polar surface area (TPSA) is 87.2 Å². The molecule has 2 aromatic carbocycles. The number of aromatic nitrogens is 4. The Bertz CT molecular complexity index is 1450. The highest BCUT2D eigenvalue weighted by molar-refractivity contribution is 6.37. The third-order valence-corrected chi connectivity index (χ3v) is 6.32. The number of carbonyl (C=O) groups excluding carboxylic acids is 1. The van der Waals surface area contributed by atoms with E-state index in [1.54, 1.807) is 4.90 Å². The van der Waals surface area contributed by atoms with E-state index in [0.29, 0.717) is 37.5 Å². The smallest absolute Gasteiger partial charge is 0.246 e. The summed E-state index contributed by atoms with van der Waals surface area (Å²) in [6, 6.07) is 2.74. The van der Waals surface area contributed by atoms with Crippen molar-refractivity contribution in [1.82, 2.24) is 24.8 Å². The number of ether oxygens (including phenoxy) is 1. The molecule has 1 amide bonds. The van der Waals surface area contributed by atoms with Gasteiger partial charge in [-0.05, 0) is 18.2 Å². The molecule has 1 fully saturated rings. The van der Waals surface area contributed by atoms with Gasteiger partial charge in [-0.15, -0.1) is 0 Å². The van der Waals surface area contributed by atoms with Crippen molar-refractivity contribution in [2.24, 2.45) is 0 Å². The lowest BCUT2D eigenvalue weighted by atomic mass is 9.99. The molecule has 1 aliphatic heterocycles. The van der Waals surface area contributed by atoms with E-state index in [2.05, 4.69) is 26.5 Å². The third kappa shape index (κ3) is 3.33. The summed E-state index contributed by atoms with van der Waals surface area (Å²) < 4.78 is 36.6. The van der Waals surface area contributed by atoms with Gasteiger partial charge in [0.25, 0.3) is 0 Å². The van der Waals surface area contributed by atoms with Crippen LogP contribution in [0.3, 0.4) is 0 Å². The summed E-state index contributed by atoms with van der Waals surface area (Å²) in [5, 5.41) is 0.160. The Kier molecular flexibility index (Phi) is 5.52. The number of fused-ring (bicyclic) bond motifs is 2. The minimum absolute atomic E-state index is 0.0576. The van der Waals surface area contributed by atoms with Crippen molar-refractivity contribution in [2.75, 3.05) is 38.2 Å².